The molecule has 1 aromatic carbocycles. The summed E-state index contributed by atoms with van der Waals surface area (Å²) in [6, 6.07) is 6.66. The van der Waals surface area contributed by atoms with Crippen LogP contribution in [0.3, 0.4) is 0 Å². The van der Waals surface area contributed by atoms with Gasteiger partial charge in [0.25, 0.3) is 5.91 Å². The summed E-state index contributed by atoms with van der Waals surface area (Å²) in [4.78, 5) is 29.2. The molecule has 0 N–H and O–H groups in total. The molecule has 0 radical (unpaired) electrons. The van der Waals surface area contributed by atoms with Crippen molar-refractivity contribution in [3.8, 4) is 0 Å². The maximum atomic E-state index is 14.0. The van der Waals surface area contributed by atoms with Crippen molar-refractivity contribution in [1.82, 2.24) is 4.90 Å². The van der Waals surface area contributed by atoms with E-state index >= 15 is 0 Å². The molecule has 2 aromatic rings. The van der Waals surface area contributed by atoms with Crippen molar-refractivity contribution in [2.24, 2.45) is 5.92 Å². The smallest absolute Gasteiger partial charge is 0.254 e. The fourth-order valence-electron chi connectivity index (χ4n) is 4.52. The molecule has 6 heteroatoms. The van der Waals surface area contributed by atoms with Gasteiger partial charge in [0.15, 0.2) is 0 Å². The molecule has 1 saturated heterocycles. The lowest BCUT2D eigenvalue weighted by atomic mass is 9.74. The number of likely N-dealkylation sites (tertiary alicyclic amines) is 1. The van der Waals surface area contributed by atoms with E-state index in [2.05, 4.69) is 0 Å². The third-order valence-corrected chi connectivity index (χ3v) is 6.93. The Bertz CT molecular complexity index is 899. The molecular formula is C21H21FN2O2S. The van der Waals surface area contributed by atoms with Crippen LogP contribution in [-0.2, 0) is 10.2 Å². The van der Waals surface area contributed by atoms with Gasteiger partial charge < -0.3 is 9.80 Å². The first kappa shape index (κ1) is 16.9. The SMILES string of the molecule is O=C(c1ccsc1)N1CCC2(CC1)CN(C(=O)C1CC1)c1ccc(F)cc12. The minimum atomic E-state index is -0.259. The standard InChI is InChI=1S/C21H21FN2O2S/c22-16-3-4-18-17(11-16)21(13-24(18)20(26)14-1-2-14)6-8-23(9-7-21)19(25)15-5-10-27-12-15/h3-5,10-12,14H,1-2,6-9,13H2. The first-order valence-corrected chi connectivity index (χ1v) is 10.4. The van der Waals surface area contributed by atoms with Crippen molar-refractivity contribution < 1.29 is 14.0 Å². The van der Waals surface area contributed by atoms with Crippen molar-refractivity contribution in [2.75, 3.05) is 24.5 Å². The highest BCUT2D eigenvalue weighted by molar-refractivity contribution is 7.08. The Hall–Kier alpha value is -2.21. The summed E-state index contributed by atoms with van der Waals surface area (Å²) in [5.41, 5.74) is 2.30. The number of halogens is 1. The van der Waals surface area contributed by atoms with Crippen molar-refractivity contribution in [1.29, 1.82) is 0 Å². The summed E-state index contributed by atoms with van der Waals surface area (Å²) in [7, 11) is 0. The largest absolute Gasteiger partial charge is 0.339 e. The van der Waals surface area contributed by atoms with Crippen LogP contribution in [0.1, 0.15) is 41.6 Å². The first-order chi connectivity index (χ1) is 13.1. The van der Waals surface area contributed by atoms with E-state index in [-0.39, 0.29) is 29.0 Å². The van der Waals surface area contributed by atoms with Gasteiger partial charge in [-0.05, 0) is 60.9 Å². The Labute approximate surface area is 161 Å². The van der Waals surface area contributed by atoms with Gasteiger partial charge in [-0.1, -0.05) is 0 Å². The first-order valence-electron chi connectivity index (χ1n) is 9.50. The summed E-state index contributed by atoms with van der Waals surface area (Å²) in [5.74, 6) is 0.120. The van der Waals surface area contributed by atoms with Crippen LogP contribution < -0.4 is 4.90 Å². The second kappa shape index (κ2) is 6.16. The number of amides is 2. The van der Waals surface area contributed by atoms with Crippen LogP contribution in [0.15, 0.2) is 35.0 Å². The Balaban J connectivity index is 1.41. The predicted octanol–water partition coefficient (Wildman–Crippen LogP) is 3.82. The summed E-state index contributed by atoms with van der Waals surface area (Å²) in [6.45, 7) is 1.88. The van der Waals surface area contributed by atoms with E-state index in [9.17, 15) is 14.0 Å². The van der Waals surface area contributed by atoms with Gasteiger partial charge in [-0.15, -0.1) is 0 Å². The number of rotatable bonds is 2. The summed E-state index contributed by atoms with van der Waals surface area (Å²) < 4.78 is 14.0. The van der Waals surface area contributed by atoms with Gasteiger partial charge in [-0.2, -0.15) is 11.3 Å². The molecule has 27 heavy (non-hydrogen) atoms. The molecule has 0 bridgehead atoms. The Morgan fingerprint density at radius 3 is 2.59 bits per heavy atom. The number of nitrogens with zero attached hydrogens (tertiary/aromatic N) is 2. The average molecular weight is 384 g/mol. The quantitative estimate of drug-likeness (QED) is 0.790. The number of hydrogen-bond acceptors (Lipinski definition) is 3. The molecule has 3 aliphatic rings. The van der Waals surface area contributed by atoms with Gasteiger partial charge in [-0.25, -0.2) is 4.39 Å². The highest BCUT2D eigenvalue weighted by Gasteiger charge is 2.49. The van der Waals surface area contributed by atoms with Crippen molar-refractivity contribution in [3.05, 3.63) is 52.0 Å². The Kier molecular flexibility index (Phi) is 3.86. The maximum absolute atomic E-state index is 14.0. The third kappa shape index (κ3) is 2.78. The molecule has 1 spiro atoms. The summed E-state index contributed by atoms with van der Waals surface area (Å²) >= 11 is 1.52. The zero-order chi connectivity index (χ0) is 18.6. The van der Waals surface area contributed by atoms with Crippen molar-refractivity contribution in [3.63, 3.8) is 0 Å². The molecule has 4 nitrogen and oxygen atoms in total. The number of carbonyl (C=O) groups is 2. The lowest BCUT2D eigenvalue weighted by molar-refractivity contribution is -0.119. The van der Waals surface area contributed by atoms with Gasteiger partial charge in [0, 0.05) is 42.0 Å². The topological polar surface area (TPSA) is 40.6 Å². The zero-order valence-corrected chi connectivity index (χ0v) is 15.8. The second-order valence-corrected chi connectivity index (χ2v) is 8.72. The molecule has 140 valence electrons. The van der Waals surface area contributed by atoms with Gasteiger partial charge >= 0.3 is 0 Å². The van der Waals surface area contributed by atoms with Crippen LogP contribution in [0.25, 0.3) is 0 Å². The molecule has 5 rings (SSSR count). The van der Waals surface area contributed by atoms with E-state index in [0.717, 1.165) is 42.5 Å². The summed E-state index contributed by atoms with van der Waals surface area (Å²) in [6.07, 6.45) is 3.44. The van der Waals surface area contributed by atoms with Crippen LogP contribution in [0.5, 0.6) is 0 Å². The van der Waals surface area contributed by atoms with Gasteiger partial charge in [0.05, 0.1) is 5.56 Å². The normalized spacial score (nSPS) is 20.8. The van der Waals surface area contributed by atoms with Gasteiger partial charge in [0.1, 0.15) is 5.82 Å². The van der Waals surface area contributed by atoms with Crippen molar-refractivity contribution in [2.45, 2.75) is 31.1 Å². The lowest BCUT2D eigenvalue weighted by Gasteiger charge is -2.39. The number of hydrogen-bond donors (Lipinski definition) is 0. The number of anilines is 1. The van der Waals surface area contributed by atoms with Crippen LogP contribution >= 0.6 is 11.3 Å². The number of benzene rings is 1. The van der Waals surface area contributed by atoms with Crippen molar-refractivity contribution >= 4 is 28.8 Å². The molecule has 0 unspecified atom stereocenters. The minimum Gasteiger partial charge on any atom is -0.339 e. The minimum absolute atomic E-state index is 0.0643. The van der Waals surface area contributed by atoms with E-state index in [1.165, 1.54) is 17.4 Å². The number of piperidine rings is 1. The molecule has 1 aromatic heterocycles. The fourth-order valence-corrected chi connectivity index (χ4v) is 5.15. The van der Waals surface area contributed by atoms with Crippen LogP contribution in [-0.4, -0.2) is 36.3 Å². The fraction of sp³-hybridized carbons (Fsp3) is 0.429. The third-order valence-electron chi connectivity index (χ3n) is 6.25. The van der Waals surface area contributed by atoms with E-state index in [4.69, 9.17) is 0 Å². The van der Waals surface area contributed by atoms with Gasteiger partial charge in [-0.3, -0.25) is 9.59 Å². The molecule has 2 amide bonds. The average Bonchev–Trinajstić information content (AvgIpc) is 3.30. The van der Waals surface area contributed by atoms with Crippen LogP contribution in [0, 0.1) is 11.7 Å². The Morgan fingerprint density at radius 1 is 1.15 bits per heavy atom. The molecule has 1 saturated carbocycles. The van der Waals surface area contributed by atoms with Crippen LogP contribution in [0.4, 0.5) is 10.1 Å². The van der Waals surface area contributed by atoms with Crippen LogP contribution in [0.2, 0.25) is 0 Å². The molecular weight excluding hydrogens is 363 g/mol. The molecule has 3 heterocycles. The van der Waals surface area contributed by atoms with E-state index < -0.39 is 0 Å². The molecule has 2 aliphatic heterocycles. The number of fused-ring (bicyclic) bond motifs is 2. The zero-order valence-electron chi connectivity index (χ0n) is 15.0. The summed E-state index contributed by atoms with van der Waals surface area (Å²) in [5, 5.41) is 3.79. The molecule has 1 aliphatic carbocycles. The second-order valence-electron chi connectivity index (χ2n) is 7.94. The maximum Gasteiger partial charge on any atom is 0.254 e. The predicted molar refractivity (Wildman–Crippen MR) is 103 cm³/mol. The number of carbonyl (C=O) groups excluding carboxylic acids is 2. The highest BCUT2D eigenvalue weighted by Crippen LogP contribution is 2.49. The molecule has 0 atom stereocenters. The highest BCUT2D eigenvalue weighted by atomic mass is 32.1. The number of thiophene rings is 1. The Morgan fingerprint density at radius 2 is 1.93 bits per heavy atom. The monoisotopic (exact) mass is 384 g/mol. The van der Waals surface area contributed by atoms with E-state index in [1.54, 1.807) is 12.1 Å². The van der Waals surface area contributed by atoms with Gasteiger partial charge in [0.2, 0.25) is 5.91 Å². The molecule has 2 fully saturated rings. The van der Waals surface area contributed by atoms with E-state index in [1.807, 2.05) is 26.6 Å². The lowest BCUT2D eigenvalue weighted by Crippen LogP contribution is -2.48. The van der Waals surface area contributed by atoms with E-state index in [0.29, 0.717) is 19.6 Å².